The van der Waals surface area contributed by atoms with Gasteiger partial charge in [-0.25, -0.2) is 4.39 Å². The number of nitrogens with one attached hydrogen (secondary N) is 1. The Labute approximate surface area is 170 Å². The van der Waals surface area contributed by atoms with Crippen molar-refractivity contribution in [2.24, 2.45) is 0 Å². The van der Waals surface area contributed by atoms with Gasteiger partial charge in [-0.1, -0.05) is 48.5 Å². The van der Waals surface area contributed by atoms with E-state index in [9.17, 15) is 9.18 Å². The molecule has 2 aliphatic rings. The average molecular weight is 386 g/mol. The van der Waals surface area contributed by atoms with Crippen LogP contribution in [0.5, 0.6) is 0 Å². The molecule has 1 heterocycles. The number of carbonyl (C=O) groups is 1. The van der Waals surface area contributed by atoms with Crippen LogP contribution in [-0.2, 0) is 6.42 Å². The van der Waals surface area contributed by atoms with Gasteiger partial charge in [0, 0.05) is 11.1 Å². The number of rotatable bonds is 3. The number of halogens is 1. The van der Waals surface area contributed by atoms with E-state index in [-0.39, 0.29) is 17.8 Å². The molecule has 0 aromatic heterocycles. The molecule has 0 bridgehead atoms. The van der Waals surface area contributed by atoms with E-state index < -0.39 is 6.17 Å². The lowest BCUT2D eigenvalue weighted by Gasteiger charge is -2.38. The van der Waals surface area contributed by atoms with Crippen LogP contribution in [0.2, 0.25) is 0 Å². The summed E-state index contributed by atoms with van der Waals surface area (Å²) in [5.74, 6) is -0.293. The van der Waals surface area contributed by atoms with Crippen molar-refractivity contribution in [3.63, 3.8) is 0 Å². The highest BCUT2D eigenvalue weighted by atomic mass is 19.1. The van der Waals surface area contributed by atoms with Crippen molar-refractivity contribution < 1.29 is 9.18 Å². The van der Waals surface area contributed by atoms with Crippen LogP contribution in [0.15, 0.2) is 66.7 Å². The second kappa shape index (κ2) is 7.03. The molecule has 1 amide bonds. The Kier molecular flexibility index (Phi) is 4.35. The molecule has 2 atom stereocenters. The molecule has 3 aromatic carbocycles. The van der Waals surface area contributed by atoms with Crippen molar-refractivity contribution in [3.8, 4) is 0 Å². The average Bonchev–Trinajstić information content (AvgIpc) is 3.01. The minimum absolute atomic E-state index is 0.00678. The molecule has 3 nitrogen and oxygen atoms in total. The first-order chi connectivity index (χ1) is 14.1. The SMILES string of the molecule is Cc1ccc(NC2c3ccccc3C(=O)N2C2CCCc3ccccc32)c(F)c1. The summed E-state index contributed by atoms with van der Waals surface area (Å²) < 4.78 is 14.6. The fourth-order valence-corrected chi connectivity index (χ4v) is 4.71. The molecule has 0 saturated carbocycles. The van der Waals surface area contributed by atoms with Gasteiger partial charge in [0.05, 0.1) is 11.7 Å². The van der Waals surface area contributed by atoms with Gasteiger partial charge < -0.3 is 10.2 Å². The summed E-state index contributed by atoms with van der Waals surface area (Å²) in [6.45, 7) is 1.87. The summed E-state index contributed by atoms with van der Waals surface area (Å²) >= 11 is 0. The zero-order valence-corrected chi connectivity index (χ0v) is 16.4. The summed E-state index contributed by atoms with van der Waals surface area (Å²) in [5, 5.41) is 3.33. The molecule has 1 aliphatic heterocycles. The van der Waals surface area contributed by atoms with E-state index in [1.807, 2.05) is 48.2 Å². The molecule has 2 unspecified atom stereocenters. The summed E-state index contributed by atoms with van der Waals surface area (Å²) in [4.78, 5) is 15.4. The van der Waals surface area contributed by atoms with E-state index in [2.05, 4.69) is 23.5 Å². The molecular weight excluding hydrogens is 363 g/mol. The van der Waals surface area contributed by atoms with Gasteiger partial charge in [0.2, 0.25) is 0 Å². The molecule has 1 aliphatic carbocycles. The van der Waals surface area contributed by atoms with Crippen LogP contribution in [-0.4, -0.2) is 10.8 Å². The van der Waals surface area contributed by atoms with E-state index in [0.717, 1.165) is 30.4 Å². The van der Waals surface area contributed by atoms with Crippen molar-refractivity contribution in [3.05, 3.63) is 100 Å². The van der Waals surface area contributed by atoms with Gasteiger partial charge >= 0.3 is 0 Å². The number of amides is 1. The first-order valence-corrected chi connectivity index (χ1v) is 10.2. The molecule has 0 spiro atoms. The second-order valence-electron chi connectivity index (χ2n) is 7.94. The van der Waals surface area contributed by atoms with Gasteiger partial charge in [0.15, 0.2) is 0 Å². The van der Waals surface area contributed by atoms with Crippen molar-refractivity contribution in [1.82, 2.24) is 4.90 Å². The molecule has 0 radical (unpaired) electrons. The number of carbonyl (C=O) groups excluding carboxylic acids is 1. The van der Waals surface area contributed by atoms with Crippen LogP contribution in [0, 0.1) is 12.7 Å². The summed E-state index contributed by atoms with van der Waals surface area (Å²) in [5.41, 5.74) is 5.39. The normalized spacial score (nSPS) is 20.3. The molecule has 0 fully saturated rings. The molecule has 3 aromatic rings. The maximum Gasteiger partial charge on any atom is 0.256 e. The van der Waals surface area contributed by atoms with Crippen LogP contribution in [0.25, 0.3) is 0 Å². The quantitative estimate of drug-likeness (QED) is 0.619. The summed E-state index contributed by atoms with van der Waals surface area (Å²) in [7, 11) is 0. The van der Waals surface area contributed by atoms with Crippen LogP contribution >= 0.6 is 0 Å². The second-order valence-corrected chi connectivity index (χ2v) is 7.94. The molecule has 4 heteroatoms. The van der Waals surface area contributed by atoms with Gasteiger partial charge in [-0.2, -0.15) is 0 Å². The van der Waals surface area contributed by atoms with E-state index in [4.69, 9.17) is 0 Å². The number of hydrogen-bond donors (Lipinski definition) is 1. The molecule has 1 N–H and O–H groups in total. The van der Waals surface area contributed by atoms with Crippen molar-refractivity contribution >= 4 is 11.6 Å². The fourth-order valence-electron chi connectivity index (χ4n) is 4.71. The largest absolute Gasteiger partial charge is 0.359 e. The van der Waals surface area contributed by atoms with Gasteiger partial charge in [-0.3, -0.25) is 4.79 Å². The van der Waals surface area contributed by atoms with Crippen LogP contribution < -0.4 is 5.32 Å². The van der Waals surface area contributed by atoms with Crippen LogP contribution in [0.3, 0.4) is 0 Å². The molecule has 0 saturated heterocycles. The van der Waals surface area contributed by atoms with Gasteiger partial charge in [-0.15, -0.1) is 0 Å². The van der Waals surface area contributed by atoms with Gasteiger partial charge in [-0.05, 0) is 61.1 Å². The third-order valence-corrected chi connectivity index (χ3v) is 6.09. The zero-order valence-electron chi connectivity index (χ0n) is 16.4. The highest BCUT2D eigenvalue weighted by Crippen LogP contribution is 2.44. The van der Waals surface area contributed by atoms with Gasteiger partial charge in [0.1, 0.15) is 12.0 Å². The number of aryl methyl sites for hydroxylation is 2. The number of anilines is 1. The fraction of sp³-hybridized carbons (Fsp3) is 0.240. The minimum atomic E-state index is -0.396. The predicted molar refractivity (Wildman–Crippen MR) is 112 cm³/mol. The van der Waals surface area contributed by atoms with Crippen LogP contribution in [0.1, 0.15) is 57.7 Å². The number of nitrogens with zero attached hydrogens (tertiary/aromatic N) is 1. The maximum absolute atomic E-state index is 14.6. The zero-order chi connectivity index (χ0) is 20.0. The summed E-state index contributed by atoms with van der Waals surface area (Å²) in [6.07, 6.45) is 2.58. The third kappa shape index (κ3) is 3.00. The Balaban J connectivity index is 1.59. The van der Waals surface area contributed by atoms with Crippen molar-refractivity contribution in [1.29, 1.82) is 0 Å². The molecule has 146 valence electrons. The van der Waals surface area contributed by atoms with E-state index >= 15 is 0 Å². The highest BCUT2D eigenvalue weighted by molar-refractivity contribution is 5.99. The Morgan fingerprint density at radius 3 is 2.59 bits per heavy atom. The lowest BCUT2D eigenvalue weighted by atomic mass is 9.86. The van der Waals surface area contributed by atoms with Crippen molar-refractivity contribution in [2.45, 2.75) is 38.4 Å². The first-order valence-electron chi connectivity index (χ1n) is 10.2. The number of benzene rings is 3. The number of hydrogen-bond acceptors (Lipinski definition) is 2. The van der Waals surface area contributed by atoms with E-state index in [0.29, 0.717) is 11.3 Å². The van der Waals surface area contributed by atoms with E-state index in [1.54, 1.807) is 6.07 Å². The molecule has 29 heavy (non-hydrogen) atoms. The lowest BCUT2D eigenvalue weighted by Crippen LogP contribution is -2.37. The molecular formula is C25H23FN2O. The Morgan fingerprint density at radius 2 is 1.76 bits per heavy atom. The maximum atomic E-state index is 14.6. The molecule has 5 rings (SSSR count). The monoisotopic (exact) mass is 386 g/mol. The Hall–Kier alpha value is -3.14. The predicted octanol–water partition coefficient (Wildman–Crippen LogP) is 5.78. The Bertz CT molecular complexity index is 1090. The summed E-state index contributed by atoms with van der Waals surface area (Å²) in [6, 6.07) is 21.2. The van der Waals surface area contributed by atoms with Crippen LogP contribution in [0.4, 0.5) is 10.1 Å². The van der Waals surface area contributed by atoms with E-state index in [1.165, 1.54) is 17.2 Å². The van der Waals surface area contributed by atoms with Crippen molar-refractivity contribution in [2.75, 3.05) is 5.32 Å². The van der Waals surface area contributed by atoms with Gasteiger partial charge in [0.25, 0.3) is 5.91 Å². The Morgan fingerprint density at radius 1 is 1.00 bits per heavy atom. The lowest BCUT2D eigenvalue weighted by molar-refractivity contribution is 0.0627. The first kappa shape index (κ1) is 17.9. The smallest absolute Gasteiger partial charge is 0.256 e. The highest BCUT2D eigenvalue weighted by Gasteiger charge is 2.42. The number of fused-ring (bicyclic) bond motifs is 2. The third-order valence-electron chi connectivity index (χ3n) is 6.09. The standard InChI is InChI=1S/C25H23FN2O/c1-16-13-14-22(21(26)15-16)27-24-19-10-4-5-11-20(19)25(29)28(24)23-12-6-8-17-7-2-3-9-18(17)23/h2-5,7,9-11,13-15,23-24,27H,6,8,12H2,1H3. The minimum Gasteiger partial charge on any atom is -0.359 e. The topological polar surface area (TPSA) is 32.3 Å².